The van der Waals surface area contributed by atoms with E-state index in [1.165, 1.54) is 6.08 Å². The van der Waals surface area contributed by atoms with E-state index >= 15 is 0 Å². The van der Waals surface area contributed by atoms with Crippen LogP contribution in [-0.2, 0) is 15.8 Å². The Hall–Kier alpha value is -1.31. The fourth-order valence-electron chi connectivity index (χ4n) is 1.54. The van der Waals surface area contributed by atoms with Crippen molar-refractivity contribution in [2.24, 2.45) is 0 Å². The van der Waals surface area contributed by atoms with E-state index in [4.69, 9.17) is 5.11 Å². The minimum absolute atomic E-state index is 0.0288. The smallest absolute Gasteiger partial charge is 0.218 e. The zero-order valence-corrected chi connectivity index (χ0v) is 11.0. The quantitative estimate of drug-likeness (QED) is 0.770. The van der Waals surface area contributed by atoms with E-state index in [0.29, 0.717) is 0 Å². The minimum atomic E-state index is -3.92. The number of halogens is 2. The van der Waals surface area contributed by atoms with Crippen LogP contribution in [0.25, 0.3) is 0 Å². The van der Waals surface area contributed by atoms with Crippen LogP contribution in [0.1, 0.15) is 5.56 Å². The first kappa shape index (κ1) is 15.7. The van der Waals surface area contributed by atoms with Crippen molar-refractivity contribution in [2.45, 2.75) is 5.75 Å². The zero-order valence-electron chi connectivity index (χ0n) is 10.2. The second kappa shape index (κ2) is 6.74. The summed E-state index contributed by atoms with van der Waals surface area (Å²) in [6, 6.07) is 3.16. The summed E-state index contributed by atoms with van der Waals surface area (Å²) in [6.07, 6.45) is 1.34. The molecule has 1 rings (SSSR count). The molecule has 0 fully saturated rings. The van der Waals surface area contributed by atoms with Crippen LogP contribution in [0, 0.1) is 11.6 Å². The van der Waals surface area contributed by atoms with E-state index in [2.05, 4.69) is 6.58 Å². The van der Waals surface area contributed by atoms with Crippen LogP contribution in [-0.4, -0.2) is 37.5 Å². The predicted molar refractivity (Wildman–Crippen MR) is 67.8 cm³/mol. The average Bonchev–Trinajstić information content (AvgIpc) is 2.34. The van der Waals surface area contributed by atoms with Crippen molar-refractivity contribution < 1.29 is 22.3 Å². The Labute approximate surface area is 111 Å². The van der Waals surface area contributed by atoms with Crippen molar-refractivity contribution in [2.75, 3.05) is 19.7 Å². The van der Waals surface area contributed by atoms with Crippen LogP contribution in [0.5, 0.6) is 0 Å². The van der Waals surface area contributed by atoms with Crippen molar-refractivity contribution in [3.8, 4) is 0 Å². The van der Waals surface area contributed by atoms with Crippen molar-refractivity contribution in [1.82, 2.24) is 4.31 Å². The first-order valence-electron chi connectivity index (χ1n) is 5.55. The number of hydrogen-bond acceptors (Lipinski definition) is 3. The summed E-state index contributed by atoms with van der Waals surface area (Å²) < 4.78 is 51.8. The molecule has 0 saturated heterocycles. The largest absolute Gasteiger partial charge is 0.395 e. The van der Waals surface area contributed by atoms with E-state index < -0.39 is 33.0 Å². The van der Waals surface area contributed by atoms with Gasteiger partial charge in [0.1, 0.15) is 11.6 Å². The van der Waals surface area contributed by atoms with Gasteiger partial charge in [0.05, 0.1) is 12.4 Å². The highest BCUT2D eigenvalue weighted by Gasteiger charge is 2.24. The average molecular weight is 291 g/mol. The normalized spacial score (nSPS) is 11.8. The van der Waals surface area contributed by atoms with Gasteiger partial charge in [0.25, 0.3) is 0 Å². The zero-order chi connectivity index (χ0) is 14.5. The maximum atomic E-state index is 13.4. The molecule has 0 bridgehead atoms. The van der Waals surface area contributed by atoms with Crippen molar-refractivity contribution in [1.29, 1.82) is 0 Å². The lowest BCUT2D eigenvalue weighted by Crippen LogP contribution is -2.35. The van der Waals surface area contributed by atoms with E-state index in [0.717, 1.165) is 22.5 Å². The molecule has 4 nitrogen and oxygen atoms in total. The molecule has 7 heteroatoms. The number of nitrogens with zero attached hydrogens (tertiary/aromatic N) is 1. The van der Waals surface area contributed by atoms with Gasteiger partial charge in [-0.2, -0.15) is 4.31 Å². The van der Waals surface area contributed by atoms with Gasteiger partial charge < -0.3 is 5.11 Å². The standard InChI is InChI=1S/C12H15F2NO3S/c1-2-6-15(7-8-16)19(17,18)9-10-11(13)4-3-5-12(10)14/h2-5,16H,1,6-9H2. The highest BCUT2D eigenvalue weighted by molar-refractivity contribution is 7.88. The third kappa shape index (κ3) is 4.09. The highest BCUT2D eigenvalue weighted by Crippen LogP contribution is 2.17. The third-order valence-corrected chi connectivity index (χ3v) is 4.24. The van der Waals surface area contributed by atoms with Gasteiger partial charge in [-0.3, -0.25) is 0 Å². The summed E-state index contributed by atoms with van der Waals surface area (Å²) in [4.78, 5) is 0. The maximum Gasteiger partial charge on any atom is 0.218 e. The molecule has 1 N–H and O–H groups in total. The van der Waals surface area contributed by atoms with Crippen LogP contribution >= 0.6 is 0 Å². The minimum Gasteiger partial charge on any atom is -0.395 e. The molecule has 106 valence electrons. The third-order valence-electron chi connectivity index (χ3n) is 2.46. The fraction of sp³-hybridized carbons (Fsp3) is 0.333. The molecule has 1 aromatic carbocycles. The van der Waals surface area contributed by atoms with Crippen LogP contribution in [0.2, 0.25) is 0 Å². The molecule has 0 heterocycles. The lowest BCUT2D eigenvalue weighted by atomic mass is 10.2. The second-order valence-corrected chi connectivity index (χ2v) is 5.80. The molecule has 0 aliphatic heterocycles. The number of rotatable bonds is 7. The summed E-state index contributed by atoms with van der Waals surface area (Å²) in [7, 11) is -3.92. The Balaban J connectivity index is 3.04. The predicted octanol–water partition coefficient (Wildman–Crippen LogP) is 1.27. The topological polar surface area (TPSA) is 57.6 Å². The molecule has 0 aliphatic rings. The van der Waals surface area contributed by atoms with E-state index in [1.807, 2.05) is 0 Å². The molecular formula is C12H15F2NO3S. The molecule has 19 heavy (non-hydrogen) atoms. The summed E-state index contributed by atoms with van der Waals surface area (Å²) in [6.45, 7) is 2.84. The van der Waals surface area contributed by atoms with E-state index in [1.54, 1.807) is 0 Å². The Bertz CT molecular complexity index is 526. The Morgan fingerprint density at radius 2 is 1.89 bits per heavy atom. The number of benzene rings is 1. The highest BCUT2D eigenvalue weighted by atomic mass is 32.2. The summed E-state index contributed by atoms with van der Waals surface area (Å²) in [5.74, 6) is -2.61. The van der Waals surface area contributed by atoms with Crippen LogP contribution in [0.4, 0.5) is 8.78 Å². The van der Waals surface area contributed by atoms with Crippen LogP contribution < -0.4 is 0 Å². The number of sulfonamides is 1. The number of hydrogen-bond donors (Lipinski definition) is 1. The fourth-order valence-corrected chi connectivity index (χ4v) is 3.06. The molecule has 0 saturated carbocycles. The van der Waals surface area contributed by atoms with Gasteiger partial charge in [0.2, 0.25) is 10.0 Å². The Morgan fingerprint density at radius 1 is 1.32 bits per heavy atom. The first-order valence-corrected chi connectivity index (χ1v) is 7.15. The lowest BCUT2D eigenvalue weighted by Gasteiger charge is -2.19. The molecule has 0 aliphatic carbocycles. The maximum absolute atomic E-state index is 13.4. The van der Waals surface area contributed by atoms with Crippen LogP contribution in [0.3, 0.4) is 0 Å². The second-order valence-electron chi connectivity index (χ2n) is 3.83. The van der Waals surface area contributed by atoms with Gasteiger partial charge in [-0.05, 0) is 12.1 Å². The molecule has 0 amide bonds. The lowest BCUT2D eigenvalue weighted by molar-refractivity contribution is 0.260. The van der Waals surface area contributed by atoms with Crippen molar-refractivity contribution >= 4 is 10.0 Å². The number of aliphatic hydroxyl groups excluding tert-OH is 1. The Morgan fingerprint density at radius 3 is 2.37 bits per heavy atom. The summed E-state index contributed by atoms with van der Waals surface area (Å²) >= 11 is 0. The van der Waals surface area contributed by atoms with Gasteiger partial charge >= 0.3 is 0 Å². The molecule has 0 radical (unpaired) electrons. The molecule has 1 aromatic rings. The van der Waals surface area contributed by atoms with Crippen molar-refractivity contribution in [3.05, 3.63) is 48.1 Å². The molecular weight excluding hydrogens is 276 g/mol. The molecule has 0 spiro atoms. The van der Waals surface area contributed by atoms with Crippen molar-refractivity contribution in [3.63, 3.8) is 0 Å². The summed E-state index contributed by atoms with van der Waals surface area (Å²) in [5, 5.41) is 8.81. The SMILES string of the molecule is C=CCN(CCO)S(=O)(=O)Cc1c(F)cccc1F. The van der Waals surface area contributed by atoms with Gasteiger partial charge in [-0.25, -0.2) is 17.2 Å². The van der Waals surface area contributed by atoms with Gasteiger partial charge in [0.15, 0.2) is 0 Å². The van der Waals surface area contributed by atoms with Gasteiger partial charge in [-0.1, -0.05) is 12.1 Å². The molecule has 0 aromatic heterocycles. The van der Waals surface area contributed by atoms with Gasteiger partial charge in [-0.15, -0.1) is 6.58 Å². The molecule has 0 unspecified atom stereocenters. The first-order chi connectivity index (χ1) is 8.92. The van der Waals surface area contributed by atoms with Gasteiger partial charge in [0, 0.05) is 18.7 Å². The monoisotopic (exact) mass is 291 g/mol. The van der Waals surface area contributed by atoms with E-state index in [9.17, 15) is 17.2 Å². The Kier molecular flexibility index (Phi) is 5.59. The van der Waals surface area contributed by atoms with E-state index in [-0.39, 0.29) is 19.7 Å². The summed E-state index contributed by atoms with van der Waals surface area (Å²) in [5.41, 5.74) is -0.505. The molecule has 0 atom stereocenters. The van der Waals surface area contributed by atoms with Crippen LogP contribution in [0.15, 0.2) is 30.9 Å². The number of aliphatic hydroxyl groups is 1.